The molecule has 26 heavy (non-hydrogen) atoms. The zero-order valence-electron chi connectivity index (χ0n) is 13.2. The van der Waals surface area contributed by atoms with Crippen LogP contribution in [0.3, 0.4) is 0 Å². The first-order valence-corrected chi connectivity index (χ1v) is 8.93. The number of carbonyl (C=O) groups is 1. The fourth-order valence-electron chi connectivity index (χ4n) is 2.84. The van der Waals surface area contributed by atoms with Gasteiger partial charge in [0.1, 0.15) is 16.4 Å². The van der Waals surface area contributed by atoms with Crippen molar-refractivity contribution in [2.75, 3.05) is 6.79 Å². The van der Waals surface area contributed by atoms with E-state index in [-0.39, 0.29) is 6.79 Å². The van der Waals surface area contributed by atoms with Crippen molar-refractivity contribution in [3.05, 3.63) is 53.2 Å². The highest BCUT2D eigenvalue weighted by molar-refractivity contribution is 7.19. The van der Waals surface area contributed by atoms with Crippen LogP contribution in [0.4, 0.5) is 0 Å². The molecule has 0 radical (unpaired) electrons. The molecule has 0 saturated heterocycles. The molecule has 4 aromatic rings. The maximum absolute atomic E-state index is 11.7. The summed E-state index contributed by atoms with van der Waals surface area (Å²) < 4.78 is 12.3. The average molecular weight is 384 g/mol. The second-order valence-electron chi connectivity index (χ2n) is 5.64. The van der Waals surface area contributed by atoms with E-state index in [1.807, 2.05) is 30.3 Å². The molecule has 0 N–H and O–H groups in total. The van der Waals surface area contributed by atoms with Crippen LogP contribution >= 0.6 is 22.9 Å². The fourth-order valence-corrected chi connectivity index (χ4v) is 3.86. The van der Waals surface area contributed by atoms with Crippen LogP contribution in [-0.2, 0) is 0 Å². The van der Waals surface area contributed by atoms with E-state index < -0.39 is 0 Å². The van der Waals surface area contributed by atoms with E-state index in [0.717, 1.165) is 22.4 Å². The number of hydrogen-bond acceptors (Lipinski definition) is 6. The van der Waals surface area contributed by atoms with E-state index in [0.29, 0.717) is 32.9 Å². The lowest BCUT2D eigenvalue weighted by Crippen LogP contribution is -1.94. The van der Waals surface area contributed by atoms with Crippen LogP contribution in [0.1, 0.15) is 10.5 Å². The predicted octanol–water partition coefficient (Wildman–Crippen LogP) is 4.32. The van der Waals surface area contributed by atoms with Gasteiger partial charge in [-0.25, -0.2) is 4.98 Å². The molecule has 2 aromatic heterocycles. The molecule has 0 fully saturated rings. The Morgan fingerprint density at radius 2 is 1.85 bits per heavy atom. The number of fused-ring (bicyclic) bond motifs is 2. The number of rotatable bonds is 3. The molecular weight excluding hydrogens is 374 g/mol. The Kier molecular flexibility index (Phi) is 3.44. The van der Waals surface area contributed by atoms with Crippen LogP contribution in [0.2, 0.25) is 5.02 Å². The van der Waals surface area contributed by atoms with Gasteiger partial charge in [-0.3, -0.25) is 4.79 Å². The number of aldehydes is 1. The van der Waals surface area contributed by atoms with Gasteiger partial charge in [-0.1, -0.05) is 35.1 Å². The summed E-state index contributed by atoms with van der Waals surface area (Å²) in [7, 11) is 0. The van der Waals surface area contributed by atoms with Gasteiger partial charge < -0.3 is 9.47 Å². The maximum atomic E-state index is 11.7. The van der Waals surface area contributed by atoms with Crippen LogP contribution in [0.15, 0.2) is 42.5 Å². The van der Waals surface area contributed by atoms with Crippen molar-refractivity contribution >= 4 is 34.2 Å². The summed E-state index contributed by atoms with van der Waals surface area (Å²) in [5.41, 5.74) is 2.70. The molecule has 0 unspecified atom stereocenters. The lowest BCUT2D eigenvalue weighted by Gasteiger charge is -2.00. The monoisotopic (exact) mass is 383 g/mol. The van der Waals surface area contributed by atoms with E-state index in [1.165, 1.54) is 11.3 Å². The summed E-state index contributed by atoms with van der Waals surface area (Å²) in [4.78, 5) is 16.9. The molecule has 1 aliphatic heterocycles. The Labute approximate surface area is 156 Å². The summed E-state index contributed by atoms with van der Waals surface area (Å²) in [6, 6.07) is 12.8. The van der Waals surface area contributed by atoms with Crippen LogP contribution < -0.4 is 9.47 Å². The van der Waals surface area contributed by atoms with Crippen LogP contribution in [-0.4, -0.2) is 27.7 Å². The Hall–Kier alpha value is -2.90. The number of hydrogen-bond donors (Lipinski definition) is 0. The quantitative estimate of drug-likeness (QED) is 0.493. The molecule has 0 atom stereocenters. The predicted molar refractivity (Wildman–Crippen MR) is 98.3 cm³/mol. The summed E-state index contributed by atoms with van der Waals surface area (Å²) in [6.07, 6.45) is 0.771. The molecule has 6 nitrogen and oxygen atoms in total. The van der Waals surface area contributed by atoms with Gasteiger partial charge in [-0.15, -0.1) is 0 Å². The van der Waals surface area contributed by atoms with Gasteiger partial charge >= 0.3 is 0 Å². The third-order valence-electron chi connectivity index (χ3n) is 4.09. The number of ether oxygens (including phenoxy) is 2. The van der Waals surface area contributed by atoms with Gasteiger partial charge in [0.15, 0.2) is 17.8 Å². The second kappa shape index (κ2) is 5.82. The molecule has 2 aromatic carbocycles. The Morgan fingerprint density at radius 1 is 1.08 bits per heavy atom. The summed E-state index contributed by atoms with van der Waals surface area (Å²) in [5, 5.41) is 5.94. The zero-order chi connectivity index (χ0) is 17.7. The minimum atomic E-state index is 0.222. The maximum Gasteiger partial charge on any atom is 0.231 e. The third kappa shape index (κ3) is 2.36. The normalized spacial score (nSPS) is 12.7. The van der Waals surface area contributed by atoms with Crippen molar-refractivity contribution in [3.63, 3.8) is 0 Å². The Morgan fingerprint density at radius 3 is 2.65 bits per heavy atom. The molecule has 0 bridgehead atoms. The highest BCUT2D eigenvalue weighted by atomic mass is 35.5. The SMILES string of the molecule is O=Cc1c(-c2ccc(Cl)cc2)nc2sc(-c3ccc4c(c3)OCO4)nn12. The van der Waals surface area contributed by atoms with Crippen molar-refractivity contribution in [3.8, 4) is 33.3 Å². The van der Waals surface area contributed by atoms with E-state index in [2.05, 4.69) is 10.1 Å². The first kappa shape index (κ1) is 15.4. The van der Waals surface area contributed by atoms with Crippen molar-refractivity contribution < 1.29 is 14.3 Å². The number of imidazole rings is 1. The average Bonchev–Trinajstić information content (AvgIpc) is 3.35. The minimum absolute atomic E-state index is 0.222. The van der Waals surface area contributed by atoms with Crippen LogP contribution in [0.25, 0.3) is 26.8 Å². The van der Waals surface area contributed by atoms with Gasteiger partial charge in [0.2, 0.25) is 11.8 Å². The molecule has 0 spiro atoms. The summed E-state index contributed by atoms with van der Waals surface area (Å²) in [5.74, 6) is 1.40. The van der Waals surface area contributed by atoms with Crippen molar-refractivity contribution in [2.45, 2.75) is 0 Å². The van der Waals surface area contributed by atoms with Crippen LogP contribution in [0, 0.1) is 0 Å². The standard InChI is InChI=1S/C18H10ClN3O3S/c19-12-4-1-10(2-5-12)16-13(8-23)22-18(20-16)26-17(21-22)11-3-6-14-15(7-11)25-9-24-14/h1-8H,9H2. The van der Waals surface area contributed by atoms with Gasteiger partial charge in [-0.2, -0.15) is 9.61 Å². The lowest BCUT2D eigenvalue weighted by atomic mass is 10.1. The Balaban J connectivity index is 1.61. The molecule has 0 aliphatic carbocycles. The topological polar surface area (TPSA) is 65.7 Å². The van der Waals surface area contributed by atoms with Crippen molar-refractivity contribution in [1.82, 2.24) is 14.6 Å². The highest BCUT2D eigenvalue weighted by Crippen LogP contribution is 2.37. The number of carbonyl (C=O) groups excluding carboxylic acids is 1. The molecule has 1 aliphatic rings. The highest BCUT2D eigenvalue weighted by Gasteiger charge is 2.20. The van der Waals surface area contributed by atoms with Crippen molar-refractivity contribution in [1.29, 1.82) is 0 Å². The molecular formula is C18H10ClN3O3S. The molecule has 3 heterocycles. The largest absolute Gasteiger partial charge is 0.454 e. The fraction of sp³-hybridized carbons (Fsp3) is 0.0556. The first-order chi connectivity index (χ1) is 12.7. The zero-order valence-corrected chi connectivity index (χ0v) is 14.8. The third-order valence-corrected chi connectivity index (χ3v) is 5.30. The lowest BCUT2D eigenvalue weighted by molar-refractivity contribution is 0.111. The number of nitrogens with zero attached hydrogens (tertiary/aromatic N) is 3. The number of halogens is 1. The van der Waals surface area contributed by atoms with E-state index in [9.17, 15) is 4.79 Å². The number of benzene rings is 2. The van der Waals surface area contributed by atoms with E-state index >= 15 is 0 Å². The van der Waals surface area contributed by atoms with Crippen LogP contribution in [0.5, 0.6) is 11.5 Å². The van der Waals surface area contributed by atoms with Gasteiger partial charge in [-0.05, 0) is 30.3 Å². The first-order valence-electron chi connectivity index (χ1n) is 7.73. The number of aromatic nitrogens is 3. The minimum Gasteiger partial charge on any atom is -0.454 e. The molecule has 5 rings (SSSR count). The smallest absolute Gasteiger partial charge is 0.231 e. The second-order valence-corrected chi connectivity index (χ2v) is 7.03. The van der Waals surface area contributed by atoms with E-state index in [1.54, 1.807) is 16.6 Å². The van der Waals surface area contributed by atoms with Gasteiger partial charge in [0.25, 0.3) is 0 Å². The van der Waals surface area contributed by atoms with Crippen molar-refractivity contribution in [2.24, 2.45) is 0 Å². The molecule has 8 heteroatoms. The summed E-state index contributed by atoms with van der Waals surface area (Å²) in [6.45, 7) is 0.222. The summed E-state index contributed by atoms with van der Waals surface area (Å²) >= 11 is 7.34. The van der Waals surface area contributed by atoms with E-state index in [4.69, 9.17) is 21.1 Å². The molecule has 0 amide bonds. The van der Waals surface area contributed by atoms with Gasteiger partial charge in [0, 0.05) is 16.1 Å². The molecule has 128 valence electrons. The van der Waals surface area contributed by atoms with Gasteiger partial charge in [0.05, 0.1) is 0 Å². The molecule has 0 saturated carbocycles. The Bertz CT molecular complexity index is 1150.